The van der Waals surface area contributed by atoms with Crippen LogP contribution in [0.5, 0.6) is 0 Å². The lowest BCUT2D eigenvalue weighted by atomic mass is 10.3. The van der Waals surface area contributed by atoms with E-state index in [2.05, 4.69) is 15.0 Å². The average Bonchev–Trinajstić information content (AvgIpc) is 2.50. The molecule has 0 aliphatic carbocycles. The number of hydrogen-bond donors (Lipinski definition) is 0. The molecule has 0 unspecified atom stereocenters. The molecule has 0 radical (unpaired) electrons. The molecule has 0 N–H and O–H groups in total. The highest BCUT2D eigenvalue weighted by molar-refractivity contribution is 7.13. The van der Waals surface area contributed by atoms with Gasteiger partial charge >= 0.3 is 0 Å². The number of halogens is 2. The summed E-state index contributed by atoms with van der Waals surface area (Å²) in [6.45, 7) is 2.00. The van der Waals surface area contributed by atoms with Gasteiger partial charge in [-0.3, -0.25) is 0 Å². The molecule has 0 aromatic carbocycles. The Morgan fingerprint density at radius 2 is 1.79 bits per heavy atom. The van der Waals surface area contributed by atoms with Crippen molar-refractivity contribution in [3.63, 3.8) is 0 Å². The standard InChI is InChI=1S/C8H5Cl2N3S/c1-4-2-5(14-3-4)6-11-7(9)13-8(10)12-6/h2-3H,1H3. The molecule has 3 nitrogen and oxygen atoms in total. The number of hydrogen-bond acceptors (Lipinski definition) is 4. The number of thiophene rings is 1. The van der Waals surface area contributed by atoms with E-state index < -0.39 is 0 Å². The summed E-state index contributed by atoms with van der Waals surface area (Å²) in [7, 11) is 0. The molecule has 0 bridgehead atoms. The highest BCUT2D eigenvalue weighted by Gasteiger charge is 2.07. The molecule has 2 rings (SSSR count). The zero-order chi connectivity index (χ0) is 10.1. The van der Waals surface area contributed by atoms with Crippen molar-refractivity contribution < 1.29 is 0 Å². The Labute approximate surface area is 94.8 Å². The molecule has 0 spiro atoms. The summed E-state index contributed by atoms with van der Waals surface area (Å²) in [5, 5.41) is 2.25. The third-order valence-corrected chi connectivity index (χ3v) is 2.91. The van der Waals surface area contributed by atoms with Crippen molar-refractivity contribution in [3.8, 4) is 10.7 Å². The Balaban J connectivity index is 2.51. The number of aromatic nitrogens is 3. The van der Waals surface area contributed by atoms with Gasteiger partial charge in [0.2, 0.25) is 10.6 Å². The maximum Gasteiger partial charge on any atom is 0.227 e. The quantitative estimate of drug-likeness (QED) is 0.775. The van der Waals surface area contributed by atoms with Crippen molar-refractivity contribution in [3.05, 3.63) is 27.6 Å². The number of rotatable bonds is 1. The first-order valence-corrected chi connectivity index (χ1v) is 5.41. The Morgan fingerprint density at radius 3 is 2.29 bits per heavy atom. The van der Waals surface area contributed by atoms with Crippen molar-refractivity contribution in [2.45, 2.75) is 6.92 Å². The highest BCUT2D eigenvalue weighted by atomic mass is 35.5. The van der Waals surface area contributed by atoms with Crippen LogP contribution >= 0.6 is 34.5 Å². The van der Waals surface area contributed by atoms with E-state index in [0.29, 0.717) is 5.82 Å². The van der Waals surface area contributed by atoms with Crippen LogP contribution in [0.1, 0.15) is 5.56 Å². The molecule has 14 heavy (non-hydrogen) atoms. The zero-order valence-corrected chi connectivity index (χ0v) is 9.49. The molecular weight excluding hydrogens is 241 g/mol. The largest absolute Gasteiger partial charge is 0.227 e. The summed E-state index contributed by atoms with van der Waals surface area (Å²) in [5.74, 6) is 0.521. The average molecular weight is 246 g/mol. The molecule has 2 aromatic rings. The van der Waals surface area contributed by atoms with Crippen molar-refractivity contribution in [2.75, 3.05) is 0 Å². The zero-order valence-electron chi connectivity index (χ0n) is 7.16. The summed E-state index contributed by atoms with van der Waals surface area (Å²) < 4.78 is 0. The number of nitrogens with zero attached hydrogens (tertiary/aromatic N) is 3. The van der Waals surface area contributed by atoms with Gasteiger partial charge in [0.1, 0.15) is 0 Å². The molecule has 0 fully saturated rings. The fourth-order valence-electron chi connectivity index (χ4n) is 0.985. The predicted octanol–water partition coefficient (Wildman–Crippen LogP) is 3.22. The minimum absolute atomic E-state index is 0.117. The van der Waals surface area contributed by atoms with E-state index >= 15 is 0 Å². The second kappa shape index (κ2) is 3.81. The maximum absolute atomic E-state index is 5.66. The van der Waals surface area contributed by atoms with Crippen LogP contribution in [0.15, 0.2) is 11.4 Å². The van der Waals surface area contributed by atoms with E-state index in [1.54, 1.807) is 11.3 Å². The first-order chi connectivity index (χ1) is 6.65. The third-order valence-electron chi connectivity index (χ3n) is 1.53. The summed E-state index contributed by atoms with van der Waals surface area (Å²) in [6.07, 6.45) is 0. The first-order valence-electron chi connectivity index (χ1n) is 3.78. The van der Waals surface area contributed by atoms with Gasteiger partial charge in [0.05, 0.1) is 4.88 Å². The van der Waals surface area contributed by atoms with E-state index in [1.165, 1.54) is 0 Å². The first kappa shape index (κ1) is 9.83. The van der Waals surface area contributed by atoms with Crippen LogP contribution in [0, 0.1) is 6.92 Å². The van der Waals surface area contributed by atoms with Crippen LogP contribution in [0.4, 0.5) is 0 Å². The van der Waals surface area contributed by atoms with E-state index in [4.69, 9.17) is 23.2 Å². The second-order valence-corrected chi connectivity index (χ2v) is 4.27. The molecule has 0 amide bonds. The van der Waals surface area contributed by atoms with Crippen LogP contribution in [0.3, 0.4) is 0 Å². The molecule has 0 aliphatic rings. The Morgan fingerprint density at radius 1 is 1.14 bits per heavy atom. The van der Waals surface area contributed by atoms with Crippen molar-refractivity contribution in [1.29, 1.82) is 0 Å². The predicted molar refractivity (Wildman–Crippen MR) is 57.9 cm³/mol. The monoisotopic (exact) mass is 245 g/mol. The molecule has 0 aliphatic heterocycles. The Hall–Kier alpha value is -0.710. The van der Waals surface area contributed by atoms with Crippen LogP contribution in [0.25, 0.3) is 10.7 Å². The van der Waals surface area contributed by atoms with Gasteiger partial charge in [-0.2, -0.15) is 15.0 Å². The van der Waals surface area contributed by atoms with Crippen molar-refractivity contribution >= 4 is 34.5 Å². The second-order valence-electron chi connectivity index (χ2n) is 2.69. The van der Waals surface area contributed by atoms with Gasteiger partial charge in [-0.25, -0.2) is 0 Å². The maximum atomic E-state index is 5.66. The number of aryl methyl sites for hydroxylation is 1. The fourth-order valence-corrected chi connectivity index (χ4v) is 2.18. The topological polar surface area (TPSA) is 38.7 Å². The van der Waals surface area contributed by atoms with Crippen LogP contribution in [0.2, 0.25) is 10.6 Å². The molecule has 2 aromatic heterocycles. The molecule has 6 heteroatoms. The van der Waals surface area contributed by atoms with Crippen LogP contribution in [-0.4, -0.2) is 15.0 Å². The minimum atomic E-state index is 0.117. The van der Waals surface area contributed by atoms with Crippen LogP contribution < -0.4 is 0 Å². The molecule has 2 heterocycles. The van der Waals surface area contributed by atoms with E-state index in [1.807, 2.05) is 18.4 Å². The molecule has 72 valence electrons. The van der Waals surface area contributed by atoms with Gasteiger partial charge in [0, 0.05) is 0 Å². The molecule has 0 atom stereocenters. The van der Waals surface area contributed by atoms with Crippen molar-refractivity contribution in [2.24, 2.45) is 0 Å². The van der Waals surface area contributed by atoms with Gasteiger partial charge in [0.25, 0.3) is 0 Å². The van der Waals surface area contributed by atoms with Gasteiger partial charge in [0.15, 0.2) is 5.82 Å². The van der Waals surface area contributed by atoms with E-state index in [-0.39, 0.29) is 10.6 Å². The Kier molecular flexibility index (Phi) is 2.67. The molecule has 0 saturated heterocycles. The van der Waals surface area contributed by atoms with Crippen molar-refractivity contribution in [1.82, 2.24) is 15.0 Å². The van der Waals surface area contributed by atoms with Gasteiger partial charge in [-0.15, -0.1) is 11.3 Å². The summed E-state index contributed by atoms with van der Waals surface area (Å²) >= 11 is 12.9. The van der Waals surface area contributed by atoms with E-state index in [9.17, 15) is 0 Å². The normalized spacial score (nSPS) is 10.5. The van der Waals surface area contributed by atoms with Crippen LogP contribution in [-0.2, 0) is 0 Å². The minimum Gasteiger partial charge on any atom is -0.197 e. The van der Waals surface area contributed by atoms with E-state index in [0.717, 1.165) is 10.4 Å². The van der Waals surface area contributed by atoms with Gasteiger partial charge in [-0.05, 0) is 47.1 Å². The van der Waals surface area contributed by atoms with Gasteiger partial charge in [-0.1, -0.05) is 0 Å². The molecule has 0 saturated carbocycles. The SMILES string of the molecule is Cc1csc(-c2nc(Cl)nc(Cl)n2)c1. The lowest BCUT2D eigenvalue weighted by molar-refractivity contribution is 1.06. The highest BCUT2D eigenvalue weighted by Crippen LogP contribution is 2.25. The molecular formula is C8H5Cl2N3S. The fraction of sp³-hybridized carbons (Fsp3) is 0.125. The summed E-state index contributed by atoms with van der Waals surface area (Å²) in [6, 6.07) is 1.98. The smallest absolute Gasteiger partial charge is 0.197 e. The third kappa shape index (κ3) is 2.03. The van der Waals surface area contributed by atoms with Gasteiger partial charge < -0.3 is 0 Å². The summed E-state index contributed by atoms with van der Waals surface area (Å²) in [5.41, 5.74) is 1.16. The lowest BCUT2D eigenvalue weighted by Gasteiger charge is -1.96. The Bertz CT molecular complexity index is 449. The summed E-state index contributed by atoms with van der Waals surface area (Å²) in [4.78, 5) is 12.6. The lowest BCUT2D eigenvalue weighted by Crippen LogP contribution is -1.91.